The molecule has 4 nitrogen and oxygen atoms in total. The van der Waals surface area contributed by atoms with Crippen molar-refractivity contribution in [3.8, 4) is 0 Å². The Balaban J connectivity index is 1.83. The van der Waals surface area contributed by atoms with Crippen LogP contribution in [-0.2, 0) is 0 Å². The lowest BCUT2D eigenvalue weighted by molar-refractivity contribution is -0.385. The molecule has 2 rings (SSSR count). The Morgan fingerprint density at radius 1 is 1.20 bits per heavy atom. The Kier molecular flexibility index (Phi) is 5.01. The van der Waals surface area contributed by atoms with Crippen LogP contribution in [0.3, 0.4) is 0 Å². The quantitative estimate of drug-likeness (QED) is 0.376. The van der Waals surface area contributed by atoms with Gasteiger partial charge < -0.3 is 5.32 Å². The van der Waals surface area contributed by atoms with Gasteiger partial charge >= 0.3 is 0 Å². The van der Waals surface area contributed by atoms with Crippen molar-refractivity contribution in [2.45, 2.75) is 11.8 Å². The second-order valence-corrected chi connectivity index (χ2v) is 5.51. The fraction of sp³-hybridized carbons (Fsp3) is 0.200. The Morgan fingerprint density at radius 2 is 1.95 bits per heavy atom. The summed E-state index contributed by atoms with van der Waals surface area (Å²) in [6, 6.07) is 15.3. The topological polar surface area (TPSA) is 55.2 Å². The lowest BCUT2D eigenvalue weighted by Crippen LogP contribution is -2.04. The number of nitrogens with zero attached hydrogens (tertiary/aromatic N) is 1. The molecular formula is C15H16N2O2S. The molecule has 0 aromatic heterocycles. The zero-order valence-electron chi connectivity index (χ0n) is 11.2. The number of nitro benzene ring substituents is 1. The molecule has 0 unspecified atom stereocenters. The van der Waals surface area contributed by atoms with Crippen LogP contribution in [0.1, 0.15) is 5.56 Å². The molecule has 0 fully saturated rings. The van der Waals surface area contributed by atoms with Crippen LogP contribution >= 0.6 is 11.8 Å². The number of anilines is 1. The van der Waals surface area contributed by atoms with Crippen molar-refractivity contribution < 1.29 is 4.92 Å². The SMILES string of the molecule is Cc1cc(NCCSc2ccccc2)ccc1[N+](=O)[O-]. The third kappa shape index (κ3) is 3.99. The summed E-state index contributed by atoms with van der Waals surface area (Å²) < 4.78 is 0. The number of aryl methyl sites for hydroxylation is 1. The predicted octanol–water partition coefficient (Wildman–Crippen LogP) is 4.11. The first-order valence-electron chi connectivity index (χ1n) is 6.33. The van der Waals surface area contributed by atoms with Crippen molar-refractivity contribution in [3.05, 3.63) is 64.2 Å². The monoisotopic (exact) mass is 288 g/mol. The van der Waals surface area contributed by atoms with Gasteiger partial charge in [0.15, 0.2) is 0 Å². The highest BCUT2D eigenvalue weighted by Gasteiger charge is 2.09. The van der Waals surface area contributed by atoms with Crippen LogP contribution in [0.2, 0.25) is 0 Å². The first-order chi connectivity index (χ1) is 9.66. The lowest BCUT2D eigenvalue weighted by atomic mass is 10.2. The van der Waals surface area contributed by atoms with E-state index in [4.69, 9.17) is 0 Å². The van der Waals surface area contributed by atoms with E-state index < -0.39 is 0 Å². The maximum absolute atomic E-state index is 10.7. The zero-order chi connectivity index (χ0) is 14.4. The number of benzene rings is 2. The summed E-state index contributed by atoms with van der Waals surface area (Å²) in [6.45, 7) is 2.57. The molecule has 0 amide bonds. The van der Waals surface area contributed by atoms with E-state index >= 15 is 0 Å². The van der Waals surface area contributed by atoms with Crippen LogP contribution in [0.25, 0.3) is 0 Å². The molecule has 0 aliphatic heterocycles. The van der Waals surface area contributed by atoms with Gasteiger partial charge in [0.2, 0.25) is 0 Å². The first kappa shape index (κ1) is 14.4. The predicted molar refractivity (Wildman–Crippen MR) is 83.5 cm³/mol. The molecule has 0 bridgehead atoms. The van der Waals surface area contributed by atoms with Gasteiger partial charge in [0, 0.05) is 34.5 Å². The van der Waals surface area contributed by atoms with E-state index in [9.17, 15) is 10.1 Å². The van der Waals surface area contributed by atoms with Gasteiger partial charge in [0.25, 0.3) is 5.69 Å². The van der Waals surface area contributed by atoms with Gasteiger partial charge in [-0.3, -0.25) is 10.1 Å². The van der Waals surface area contributed by atoms with Gasteiger partial charge in [-0.1, -0.05) is 18.2 Å². The standard InChI is InChI=1S/C15H16N2O2S/c1-12-11-13(7-8-15(12)17(18)19)16-9-10-20-14-5-3-2-4-6-14/h2-8,11,16H,9-10H2,1H3. The fourth-order valence-electron chi connectivity index (χ4n) is 1.85. The molecule has 2 aromatic rings. The molecule has 2 aromatic carbocycles. The van der Waals surface area contributed by atoms with Crippen molar-refractivity contribution in [3.63, 3.8) is 0 Å². The molecule has 1 N–H and O–H groups in total. The summed E-state index contributed by atoms with van der Waals surface area (Å²) in [4.78, 5) is 11.6. The average Bonchev–Trinajstić information content (AvgIpc) is 2.44. The number of hydrogen-bond acceptors (Lipinski definition) is 4. The van der Waals surface area contributed by atoms with Crippen molar-refractivity contribution in [1.82, 2.24) is 0 Å². The summed E-state index contributed by atoms with van der Waals surface area (Å²) in [5.74, 6) is 0.944. The molecular weight excluding hydrogens is 272 g/mol. The molecule has 0 atom stereocenters. The molecule has 0 aliphatic carbocycles. The lowest BCUT2D eigenvalue weighted by Gasteiger charge is -2.07. The summed E-state index contributed by atoms with van der Waals surface area (Å²) in [7, 11) is 0. The van der Waals surface area contributed by atoms with Crippen molar-refractivity contribution in [1.29, 1.82) is 0 Å². The number of rotatable bonds is 6. The first-order valence-corrected chi connectivity index (χ1v) is 7.32. The Morgan fingerprint density at radius 3 is 2.60 bits per heavy atom. The van der Waals surface area contributed by atoms with E-state index in [0.717, 1.165) is 18.0 Å². The second kappa shape index (κ2) is 6.96. The van der Waals surface area contributed by atoms with Crippen molar-refractivity contribution >= 4 is 23.1 Å². The number of thioether (sulfide) groups is 1. The Labute approximate surface area is 122 Å². The minimum atomic E-state index is -0.357. The smallest absolute Gasteiger partial charge is 0.272 e. The Bertz CT molecular complexity index is 588. The van der Waals surface area contributed by atoms with Gasteiger partial charge in [0.05, 0.1) is 4.92 Å². The fourth-order valence-corrected chi connectivity index (χ4v) is 2.64. The third-order valence-corrected chi connectivity index (χ3v) is 3.85. The minimum absolute atomic E-state index is 0.161. The van der Waals surface area contributed by atoms with Crippen LogP contribution in [0.5, 0.6) is 0 Å². The summed E-state index contributed by atoms with van der Waals surface area (Å²) in [6.07, 6.45) is 0. The molecule has 0 heterocycles. The maximum Gasteiger partial charge on any atom is 0.272 e. The van der Waals surface area contributed by atoms with Gasteiger partial charge in [-0.2, -0.15) is 0 Å². The average molecular weight is 288 g/mol. The minimum Gasteiger partial charge on any atom is -0.384 e. The maximum atomic E-state index is 10.7. The number of nitrogens with one attached hydrogen (secondary N) is 1. The largest absolute Gasteiger partial charge is 0.384 e. The summed E-state index contributed by atoms with van der Waals surface area (Å²) >= 11 is 1.78. The highest BCUT2D eigenvalue weighted by Crippen LogP contribution is 2.22. The highest BCUT2D eigenvalue weighted by molar-refractivity contribution is 7.99. The van der Waals surface area contributed by atoms with E-state index in [-0.39, 0.29) is 10.6 Å². The van der Waals surface area contributed by atoms with Crippen LogP contribution in [-0.4, -0.2) is 17.2 Å². The molecule has 0 radical (unpaired) electrons. The molecule has 0 aliphatic rings. The van der Waals surface area contributed by atoms with Crippen LogP contribution in [0.15, 0.2) is 53.4 Å². The third-order valence-electron chi connectivity index (χ3n) is 2.84. The molecule has 0 spiro atoms. The second-order valence-electron chi connectivity index (χ2n) is 4.35. The van der Waals surface area contributed by atoms with Gasteiger partial charge in [-0.15, -0.1) is 11.8 Å². The molecule has 104 valence electrons. The molecule has 20 heavy (non-hydrogen) atoms. The highest BCUT2D eigenvalue weighted by atomic mass is 32.2. The van der Waals surface area contributed by atoms with Crippen molar-refractivity contribution in [2.75, 3.05) is 17.6 Å². The number of nitro groups is 1. The zero-order valence-corrected chi connectivity index (χ0v) is 12.0. The molecule has 0 saturated carbocycles. The number of hydrogen-bond donors (Lipinski definition) is 1. The van der Waals surface area contributed by atoms with E-state index in [2.05, 4.69) is 17.4 Å². The molecule has 0 saturated heterocycles. The van der Waals surface area contributed by atoms with E-state index in [1.165, 1.54) is 4.90 Å². The summed E-state index contributed by atoms with van der Waals surface area (Å²) in [5, 5.41) is 14.0. The summed E-state index contributed by atoms with van der Waals surface area (Å²) in [5.41, 5.74) is 1.76. The van der Waals surface area contributed by atoms with Crippen LogP contribution in [0.4, 0.5) is 11.4 Å². The van der Waals surface area contributed by atoms with E-state index in [1.54, 1.807) is 30.8 Å². The van der Waals surface area contributed by atoms with E-state index in [1.807, 2.05) is 24.3 Å². The van der Waals surface area contributed by atoms with Gasteiger partial charge in [-0.05, 0) is 31.2 Å². The van der Waals surface area contributed by atoms with Crippen LogP contribution < -0.4 is 5.32 Å². The van der Waals surface area contributed by atoms with Crippen LogP contribution in [0, 0.1) is 17.0 Å². The Hall–Kier alpha value is -2.01. The van der Waals surface area contributed by atoms with Crippen molar-refractivity contribution in [2.24, 2.45) is 0 Å². The molecule has 5 heteroatoms. The van der Waals surface area contributed by atoms with Gasteiger partial charge in [-0.25, -0.2) is 0 Å². The van der Waals surface area contributed by atoms with Gasteiger partial charge in [0.1, 0.15) is 0 Å². The normalized spacial score (nSPS) is 10.2. The van der Waals surface area contributed by atoms with E-state index in [0.29, 0.717) is 5.56 Å².